The average Bonchev–Trinajstić information content (AvgIpc) is 2.66. The van der Waals surface area contributed by atoms with Gasteiger partial charge in [-0.15, -0.1) is 0 Å². The maximum absolute atomic E-state index is 12.8. The number of nitrogens with zero attached hydrogens (tertiary/aromatic N) is 1. The van der Waals surface area contributed by atoms with Gasteiger partial charge in [-0.25, -0.2) is 16.8 Å². The predicted molar refractivity (Wildman–Crippen MR) is 82.8 cm³/mol. The zero-order valence-corrected chi connectivity index (χ0v) is 14.5. The normalized spacial score (nSPS) is 25.4. The van der Waals surface area contributed by atoms with Crippen molar-refractivity contribution in [2.75, 3.05) is 18.6 Å². The number of sulfone groups is 1. The van der Waals surface area contributed by atoms with E-state index >= 15 is 0 Å². The summed E-state index contributed by atoms with van der Waals surface area (Å²) in [5, 5.41) is 0.330. The highest BCUT2D eigenvalue weighted by molar-refractivity contribution is 7.92. The van der Waals surface area contributed by atoms with Crippen LogP contribution in [0.5, 0.6) is 0 Å². The fourth-order valence-electron chi connectivity index (χ4n) is 2.53. The molecule has 1 atom stereocenters. The molecule has 1 aromatic rings. The number of hydrogen-bond acceptors (Lipinski definition) is 4. The third kappa shape index (κ3) is 3.11. The molecule has 0 aliphatic carbocycles. The van der Waals surface area contributed by atoms with E-state index in [0.29, 0.717) is 17.0 Å². The summed E-state index contributed by atoms with van der Waals surface area (Å²) < 4.78 is 50.1. The zero-order chi connectivity index (χ0) is 16.1. The van der Waals surface area contributed by atoms with Gasteiger partial charge in [-0.2, -0.15) is 4.31 Å². The van der Waals surface area contributed by atoms with Crippen molar-refractivity contribution < 1.29 is 16.8 Å². The van der Waals surface area contributed by atoms with Crippen LogP contribution in [0.25, 0.3) is 0 Å². The van der Waals surface area contributed by atoms with Gasteiger partial charge in [0, 0.05) is 17.6 Å². The Morgan fingerprint density at radius 3 is 2.48 bits per heavy atom. The Hall–Kier alpha value is -0.630. The number of benzene rings is 1. The molecule has 0 spiro atoms. The van der Waals surface area contributed by atoms with Crippen LogP contribution in [0.4, 0.5) is 0 Å². The Morgan fingerprint density at radius 1 is 1.33 bits per heavy atom. The van der Waals surface area contributed by atoms with Gasteiger partial charge in [0.05, 0.1) is 16.4 Å². The van der Waals surface area contributed by atoms with E-state index < -0.39 is 25.4 Å². The van der Waals surface area contributed by atoms with Crippen molar-refractivity contribution in [2.45, 2.75) is 30.7 Å². The Bertz CT molecular complexity index is 773. The molecule has 1 heterocycles. The molecule has 1 fully saturated rings. The van der Waals surface area contributed by atoms with Crippen molar-refractivity contribution in [1.82, 2.24) is 4.31 Å². The monoisotopic (exact) mass is 351 g/mol. The minimum absolute atomic E-state index is 0.0118. The largest absolute Gasteiger partial charge is 0.243 e. The first kappa shape index (κ1) is 16.7. The van der Waals surface area contributed by atoms with Gasteiger partial charge in [-0.05, 0) is 38.0 Å². The first-order chi connectivity index (χ1) is 9.48. The number of rotatable bonds is 3. The average molecular weight is 352 g/mol. The summed E-state index contributed by atoms with van der Waals surface area (Å²) in [7, 11) is -5.56. The van der Waals surface area contributed by atoms with Gasteiger partial charge in [-0.1, -0.05) is 17.7 Å². The first-order valence-corrected chi connectivity index (χ1v) is 10.1. The van der Waals surface area contributed by atoms with Gasteiger partial charge in [0.1, 0.15) is 0 Å². The quantitative estimate of drug-likeness (QED) is 0.833. The van der Waals surface area contributed by atoms with E-state index in [0.717, 1.165) is 0 Å². The minimum atomic E-state index is -3.80. The van der Waals surface area contributed by atoms with Gasteiger partial charge >= 0.3 is 0 Å². The molecule has 0 amide bonds. The molecular weight excluding hydrogens is 334 g/mol. The molecule has 1 aromatic carbocycles. The molecule has 1 aliphatic heterocycles. The maximum Gasteiger partial charge on any atom is 0.243 e. The number of aryl methyl sites for hydroxylation is 1. The molecule has 0 N–H and O–H groups in total. The lowest BCUT2D eigenvalue weighted by atomic mass is 10.0. The Labute approximate surface area is 130 Å². The summed E-state index contributed by atoms with van der Waals surface area (Å²) in [4.78, 5) is 0.114. The third-order valence-electron chi connectivity index (χ3n) is 4.03. The van der Waals surface area contributed by atoms with E-state index in [1.807, 2.05) is 0 Å². The molecule has 8 heteroatoms. The molecule has 1 aliphatic rings. The van der Waals surface area contributed by atoms with E-state index in [2.05, 4.69) is 0 Å². The fraction of sp³-hybridized carbons (Fsp3) is 0.538. The molecule has 0 radical (unpaired) electrons. The maximum atomic E-state index is 12.8. The number of sulfonamides is 1. The van der Waals surface area contributed by atoms with Gasteiger partial charge < -0.3 is 0 Å². The second-order valence-electron chi connectivity index (χ2n) is 5.72. The Morgan fingerprint density at radius 2 is 1.95 bits per heavy atom. The first-order valence-electron chi connectivity index (χ1n) is 6.44. The molecular formula is C13H18ClNO4S2. The third-order valence-corrected chi connectivity index (χ3v) is 8.31. The summed E-state index contributed by atoms with van der Waals surface area (Å²) in [5.74, 6) is -0.146. The highest BCUT2D eigenvalue weighted by atomic mass is 35.5. The molecule has 5 nitrogen and oxygen atoms in total. The molecule has 118 valence electrons. The van der Waals surface area contributed by atoms with E-state index in [1.165, 1.54) is 17.4 Å². The lowest BCUT2D eigenvalue weighted by Gasteiger charge is -2.33. The van der Waals surface area contributed by atoms with E-state index in [4.69, 9.17) is 11.6 Å². The van der Waals surface area contributed by atoms with Crippen molar-refractivity contribution in [1.29, 1.82) is 0 Å². The standard InChI is InChI=1S/C13H18ClNO4S2/c1-10-4-5-11(14)8-12(10)21(18,19)15(3)13(2)6-7-20(16,17)9-13/h4-5,8H,6-7,9H2,1-3H3/t13-/m1/s1. The van der Waals surface area contributed by atoms with Crippen LogP contribution in [0.3, 0.4) is 0 Å². The highest BCUT2D eigenvalue weighted by Gasteiger charge is 2.46. The van der Waals surface area contributed by atoms with Crippen LogP contribution in [-0.4, -0.2) is 45.2 Å². The van der Waals surface area contributed by atoms with Crippen LogP contribution in [-0.2, 0) is 19.9 Å². The van der Waals surface area contributed by atoms with Crippen molar-refractivity contribution in [3.8, 4) is 0 Å². The van der Waals surface area contributed by atoms with Crippen LogP contribution in [0, 0.1) is 6.92 Å². The molecule has 0 aromatic heterocycles. The van der Waals surface area contributed by atoms with Gasteiger partial charge in [0.25, 0.3) is 0 Å². The smallest absolute Gasteiger partial charge is 0.229 e. The molecule has 0 bridgehead atoms. The second-order valence-corrected chi connectivity index (χ2v) is 10.3. The van der Waals surface area contributed by atoms with Crippen molar-refractivity contribution in [2.24, 2.45) is 0 Å². The molecule has 2 rings (SSSR count). The zero-order valence-electron chi connectivity index (χ0n) is 12.1. The second kappa shape index (κ2) is 5.22. The van der Waals surface area contributed by atoms with Gasteiger partial charge in [0.2, 0.25) is 10.0 Å². The summed E-state index contributed by atoms with van der Waals surface area (Å²) >= 11 is 5.89. The summed E-state index contributed by atoms with van der Waals surface area (Å²) in [6.07, 6.45) is 0.296. The Kier molecular flexibility index (Phi) is 4.16. The number of halogens is 1. The summed E-state index contributed by atoms with van der Waals surface area (Å²) in [5.41, 5.74) is -0.345. The summed E-state index contributed by atoms with van der Waals surface area (Å²) in [6, 6.07) is 4.66. The van der Waals surface area contributed by atoms with Crippen LogP contribution < -0.4 is 0 Å². The van der Waals surface area contributed by atoms with Crippen LogP contribution in [0.15, 0.2) is 23.1 Å². The SMILES string of the molecule is Cc1ccc(Cl)cc1S(=O)(=O)N(C)[C@]1(C)CCS(=O)(=O)C1. The minimum Gasteiger partial charge on any atom is -0.229 e. The van der Waals surface area contributed by atoms with Crippen molar-refractivity contribution in [3.63, 3.8) is 0 Å². The fourth-order valence-corrected chi connectivity index (χ4v) is 6.81. The van der Waals surface area contributed by atoms with Gasteiger partial charge in [0.15, 0.2) is 9.84 Å². The molecule has 0 unspecified atom stereocenters. The molecule has 1 saturated heterocycles. The molecule has 21 heavy (non-hydrogen) atoms. The number of hydrogen-bond donors (Lipinski definition) is 0. The van der Waals surface area contributed by atoms with Crippen LogP contribution in [0.1, 0.15) is 18.9 Å². The lowest BCUT2D eigenvalue weighted by molar-refractivity contribution is 0.272. The van der Waals surface area contributed by atoms with Crippen molar-refractivity contribution >= 4 is 31.5 Å². The Balaban J connectivity index is 2.47. The van der Waals surface area contributed by atoms with Crippen LogP contribution >= 0.6 is 11.6 Å². The molecule has 0 saturated carbocycles. The van der Waals surface area contributed by atoms with Crippen molar-refractivity contribution in [3.05, 3.63) is 28.8 Å². The topological polar surface area (TPSA) is 71.5 Å². The highest BCUT2D eigenvalue weighted by Crippen LogP contribution is 2.34. The van der Waals surface area contributed by atoms with E-state index in [-0.39, 0.29) is 16.4 Å². The summed E-state index contributed by atoms with van der Waals surface area (Å²) in [6.45, 7) is 3.35. The predicted octanol–water partition coefficient (Wildman–Crippen LogP) is 1.85. The van der Waals surface area contributed by atoms with Crippen LogP contribution in [0.2, 0.25) is 5.02 Å². The van der Waals surface area contributed by atoms with E-state index in [1.54, 1.807) is 26.0 Å². The van der Waals surface area contributed by atoms with E-state index in [9.17, 15) is 16.8 Å². The van der Waals surface area contributed by atoms with Gasteiger partial charge in [-0.3, -0.25) is 0 Å². The lowest BCUT2D eigenvalue weighted by Crippen LogP contribution is -2.48.